The first kappa shape index (κ1) is 32.6. The fraction of sp³-hybridized carbons (Fsp3) is 0.545. The van der Waals surface area contributed by atoms with Gasteiger partial charge in [-0.1, -0.05) is 43.3 Å². The minimum atomic E-state index is -0.926. The Balaban J connectivity index is 1.51. The van der Waals surface area contributed by atoms with E-state index in [0.717, 1.165) is 36.1 Å². The molecule has 2 heterocycles. The topological polar surface area (TPSA) is 135 Å². The minimum absolute atomic E-state index is 0.0412. The first-order valence-electron chi connectivity index (χ1n) is 15.0. The van der Waals surface area contributed by atoms with Crippen molar-refractivity contribution >= 4 is 23.5 Å². The number of hydrogen-bond donors (Lipinski definition) is 3. The number of carbonyl (C=O) groups is 3. The molecule has 43 heavy (non-hydrogen) atoms. The van der Waals surface area contributed by atoms with Crippen LogP contribution < -0.4 is 5.32 Å². The molecule has 2 aliphatic rings. The molecule has 2 aromatic rings. The molecule has 5 atom stereocenters. The Bertz CT molecular complexity index is 1240. The predicted molar refractivity (Wildman–Crippen MR) is 160 cm³/mol. The Morgan fingerprint density at radius 2 is 1.67 bits per heavy atom. The van der Waals surface area contributed by atoms with Gasteiger partial charge in [0.25, 0.3) is 0 Å². The average Bonchev–Trinajstić information content (AvgIpc) is 3.42. The lowest BCUT2D eigenvalue weighted by Gasteiger charge is -2.43. The van der Waals surface area contributed by atoms with E-state index in [2.05, 4.69) is 17.1 Å². The smallest absolute Gasteiger partial charge is 0.323 e. The van der Waals surface area contributed by atoms with Crippen LogP contribution in [0, 0.1) is 5.92 Å². The van der Waals surface area contributed by atoms with Crippen LogP contribution in [-0.4, -0.2) is 63.8 Å². The summed E-state index contributed by atoms with van der Waals surface area (Å²) in [6.07, 6.45) is 0.751. The zero-order valence-corrected chi connectivity index (χ0v) is 25.5. The van der Waals surface area contributed by atoms with E-state index < -0.39 is 17.9 Å². The van der Waals surface area contributed by atoms with Crippen molar-refractivity contribution in [1.29, 1.82) is 0 Å². The number of aliphatic hydroxyl groups excluding tert-OH is 1. The van der Waals surface area contributed by atoms with Gasteiger partial charge in [0.2, 0.25) is 5.91 Å². The monoisotopic (exact) mass is 596 g/mol. The van der Waals surface area contributed by atoms with Crippen LogP contribution in [0.25, 0.3) is 0 Å². The lowest BCUT2D eigenvalue weighted by atomic mass is 9.90. The first-order valence-corrected chi connectivity index (χ1v) is 15.0. The number of amides is 1. The van der Waals surface area contributed by atoms with E-state index in [9.17, 15) is 19.5 Å². The second-order valence-electron chi connectivity index (χ2n) is 12.4. The summed E-state index contributed by atoms with van der Waals surface area (Å²) in [5.41, 5.74) is 2.60. The number of ether oxygens (including phenoxy) is 3. The number of esters is 1. The molecule has 10 heteroatoms. The standard InChI is InChI=1S/C33H44N2O8/c1-21-27(19-35-18-6-7-26(35)31(40)43-33(2,3)4)41-32(42-30(21)23-12-10-22(20-36)11-13-23)24-14-16-25(17-15-24)34-28(37)8-5-9-29(38)39/h10-17,21,26-27,30,32,36H,5-9,18-20H2,1-4H3,(H,34,37)(H,38,39)/t21-,26-,27+,30+,32+/m0/s1. The molecule has 0 radical (unpaired) electrons. The summed E-state index contributed by atoms with van der Waals surface area (Å²) >= 11 is 0. The second kappa shape index (κ2) is 14.4. The highest BCUT2D eigenvalue weighted by molar-refractivity contribution is 5.90. The largest absolute Gasteiger partial charge is 0.481 e. The fourth-order valence-corrected chi connectivity index (χ4v) is 5.59. The third kappa shape index (κ3) is 9.09. The predicted octanol–water partition coefficient (Wildman–Crippen LogP) is 4.97. The molecule has 0 aliphatic carbocycles. The van der Waals surface area contributed by atoms with Crippen molar-refractivity contribution in [2.24, 2.45) is 5.92 Å². The number of likely N-dealkylation sites (tertiary alicyclic amines) is 1. The van der Waals surface area contributed by atoms with Gasteiger partial charge >= 0.3 is 11.9 Å². The van der Waals surface area contributed by atoms with Crippen LogP contribution in [0.1, 0.15) is 88.9 Å². The molecule has 10 nitrogen and oxygen atoms in total. The van der Waals surface area contributed by atoms with Gasteiger partial charge in [-0.25, -0.2) is 0 Å². The number of carbonyl (C=O) groups excluding carboxylic acids is 2. The number of carboxylic acid groups (broad SMARTS) is 1. The van der Waals surface area contributed by atoms with Crippen LogP contribution >= 0.6 is 0 Å². The summed E-state index contributed by atoms with van der Waals surface area (Å²) in [7, 11) is 0. The van der Waals surface area contributed by atoms with Gasteiger partial charge < -0.3 is 29.7 Å². The number of nitrogens with one attached hydrogen (secondary N) is 1. The normalized spacial score (nSPS) is 24.4. The van der Waals surface area contributed by atoms with E-state index in [1.165, 1.54) is 0 Å². The summed E-state index contributed by atoms with van der Waals surface area (Å²) in [6, 6.07) is 14.6. The molecule has 4 rings (SSSR count). The van der Waals surface area contributed by atoms with Crippen LogP contribution in [0.5, 0.6) is 0 Å². The van der Waals surface area contributed by atoms with E-state index in [1.54, 1.807) is 12.1 Å². The first-order chi connectivity index (χ1) is 20.4. The Morgan fingerprint density at radius 1 is 1.00 bits per heavy atom. The summed E-state index contributed by atoms with van der Waals surface area (Å²) < 4.78 is 18.8. The van der Waals surface area contributed by atoms with E-state index in [1.807, 2.05) is 57.2 Å². The van der Waals surface area contributed by atoms with Gasteiger partial charge in [0.05, 0.1) is 18.8 Å². The molecular weight excluding hydrogens is 552 g/mol. The molecule has 0 unspecified atom stereocenters. The average molecular weight is 597 g/mol. The molecule has 0 spiro atoms. The molecule has 0 saturated carbocycles. The Hall–Kier alpha value is -3.31. The molecule has 234 valence electrons. The fourth-order valence-electron chi connectivity index (χ4n) is 5.59. The number of anilines is 1. The zero-order valence-electron chi connectivity index (χ0n) is 25.5. The zero-order chi connectivity index (χ0) is 31.1. The number of benzene rings is 2. The Labute approximate surface area is 253 Å². The number of nitrogens with zero attached hydrogens (tertiary/aromatic N) is 1. The maximum atomic E-state index is 13.0. The van der Waals surface area contributed by atoms with Crippen molar-refractivity contribution in [2.45, 2.75) is 96.5 Å². The SMILES string of the molecule is C[C@H]1[C@@H](CN2CCC[C@H]2C(=O)OC(C)(C)C)O[C@@H](c2ccc(NC(=O)CCCC(=O)O)cc2)O[C@H]1c1ccc(CO)cc1. The molecule has 2 aliphatic heterocycles. The number of carboxylic acids is 1. The highest BCUT2D eigenvalue weighted by atomic mass is 16.7. The van der Waals surface area contributed by atoms with Crippen LogP contribution in [0.4, 0.5) is 5.69 Å². The van der Waals surface area contributed by atoms with Crippen molar-refractivity contribution in [3.63, 3.8) is 0 Å². The van der Waals surface area contributed by atoms with Crippen molar-refractivity contribution in [3.05, 3.63) is 65.2 Å². The summed E-state index contributed by atoms with van der Waals surface area (Å²) in [5, 5.41) is 21.1. The summed E-state index contributed by atoms with van der Waals surface area (Å²) in [5.74, 6) is -1.42. The van der Waals surface area contributed by atoms with E-state index >= 15 is 0 Å². The van der Waals surface area contributed by atoms with E-state index in [-0.39, 0.29) is 61.9 Å². The van der Waals surface area contributed by atoms with Crippen molar-refractivity contribution in [3.8, 4) is 0 Å². The molecule has 2 aromatic carbocycles. The van der Waals surface area contributed by atoms with Gasteiger partial charge in [0.1, 0.15) is 11.6 Å². The van der Waals surface area contributed by atoms with Crippen molar-refractivity contribution in [2.75, 3.05) is 18.4 Å². The minimum Gasteiger partial charge on any atom is -0.481 e. The molecule has 3 N–H and O–H groups in total. The summed E-state index contributed by atoms with van der Waals surface area (Å²) in [6.45, 7) is 9.00. The van der Waals surface area contributed by atoms with Crippen LogP contribution in [0.3, 0.4) is 0 Å². The lowest BCUT2D eigenvalue weighted by Crippen LogP contribution is -2.48. The van der Waals surface area contributed by atoms with Crippen LogP contribution in [-0.2, 0) is 35.2 Å². The van der Waals surface area contributed by atoms with Gasteiger partial charge in [-0.2, -0.15) is 0 Å². The molecule has 2 saturated heterocycles. The van der Waals surface area contributed by atoms with Gasteiger partial charge in [-0.3, -0.25) is 19.3 Å². The van der Waals surface area contributed by atoms with Gasteiger partial charge in [-0.15, -0.1) is 0 Å². The van der Waals surface area contributed by atoms with Gasteiger partial charge in [0.15, 0.2) is 6.29 Å². The molecule has 0 bridgehead atoms. The number of aliphatic hydroxyl groups is 1. The van der Waals surface area contributed by atoms with Crippen LogP contribution in [0.2, 0.25) is 0 Å². The number of rotatable bonds is 11. The third-order valence-electron chi connectivity index (χ3n) is 7.84. The molecule has 2 fully saturated rings. The van der Waals surface area contributed by atoms with E-state index in [0.29, 0.717) is 12.2 Å². The Kier molecular flexibility index (Phi) is 10.9. The number of hydrogen-bond acceptors (Lipinski definition) is 8. The van der Waals surface area contributed by atoms with Crippen molar-refractivity contribution < 1.29 is 38.8 Å². The van der Waals surface area contributed by atoms with Crippen LogP contribution in [0.15, 0.2) is 48.5 Å². The molecule has 0 aromatic heterocycles. The quantitative estimate of drug-likeness (QED) is 0.307. The van der Waals surface area contributed by atoms with E-state index in [4.69, 9.17) is 19.3 Å². The van der Waals surface area contributed by atoms with Gasteiger partial charge in [-0.05, 0) is 69.8 Å². The van der Waals surface area contributed by atoms with Gasteiger partial charge in [0, 0.05) is 36.6 Å². The highest BCUT2D eigenvalue weighted by Crippen LogP contribution is 2.42. The van der Waals surface area contributed by atoms with Crippen molar-refractivity contribution in [1.82, 2.24) is 4.90 Å². The maximum absolute atomic E-state index is 13.0. The third-order valence-corrected chi connectivity index (χ3v) is 7.84. The lowest BCUT2D eigenvalue weighted by molar-refractivity contribution is -0.276. The molecule has 1 amide bonds. The number of aliphatic carboxylic acids is 1. The second-order valence-corrected chi connectivity index (χ2v) is 12.4. The Morgan fingerprint density at radius 3 is 2.30 bits per heavy atom. The highest BCUT2D eigenvalue weighted by Gasteiger charge is 2.42. The maximum Gasteiger partial charge on any atom is 0.323 e. The molecular formula is C33H44N2O8. The summed E-state index contributed by atoms with van der Waals surface area (Å²) in [4.78, 5) is 38.1.